The zero-order chi connectivity index (χ0) is 37.5. The minimum Gasteiger partial charge on any atom is -0.310 e. The van der Waals surface area contributed by atoms with Crippen LogP contribution >= 0.6 is 0 Å². The highest BCUT2D eigenvalue weighted by Crippen LogP contribution is 2.50. The fourth-order valence-corrected chi connectivity index (χ4v) is 8.66. The minimum atomic E-state index is -0.0897. The van der Waals surface area contributed by atoms with Crippen LogP contribution in [0, 0.1) is 6.92 Å². The van der Waals surface area contributed by atoms with Gasteiger partial charge in [-0.1, -0.05) is 172 Å². The fraction of sp³-hybridized carbons (Fsp3) is 0.111. The van der Waals surface area contributed by atoms with E-state index in [4.69, 9.17) is 0 Å². The molecule has 0 aliphatic heterocycles. The topological polar surface area (TPSA) is 3.24 Å². The molecule has 1 aliphatic carbocycles. The highest BCUT2D eigenvalue weighted by atomic mass is 15.1. The molecule has 55 heavy (non-hydrogen) atoms. The molecular formula is C54H45N. The number of aryl methyl sites for hydroxylation is 1. The quantitative estimate of drug-likeness (QED) is 0.152. The van der Waals surface area contributed by atoms with Gasteiger partial charge < -0.3 is 4.90 Å². The molecule has 9 rings (SSSR count). The second-order valence-corrected chi connectivity index (χ2v) is 15.4. The molecule has 0 heterocycles. The van der Waals surface area contributed by atoms with Gasteiger partial charge in [-0.2, -0.15) is 0 Å². The number of hydrogen-bond acceptors (Lipinski definition) is 1. The van der Waals surface area contributed by atoms with E-state index in [-0.39, 0.29) is 11.3 Å². The van der Waals surface area contributed by atoms with Gasteiger partial charge in [0, 0.05) is 28.4 Å². The molecule has 0 saturated heterocycles. The van der Waals surface area contributed by atoms with Gasteiger partial charge in [-0.15, -0.1) is 0 Å². The van der Waals surface area contributed by atoms with Crippen molar-refractivity contribution < 1.29 is 0 Å². The molecule has 0 N–H and O–H groups in total. The van der Waals surface area contributed by atoms with Crippen LogP contribution in [0.2, 0.25) is 0 Å². The molecule has 8 aromatic rings. The van der Waals surface area contributed by atoms with E-state index in [1.54, 1.807) is 0 Å². The molecule has 1 heteroatoms. The number of anilines is 3. The summed E-state index contributed by atoms with van der Waals surface area (Å²) in [6.45, 7) is 9.24. The molecule has 0 amide bonds. The summed E-state index contributed by atoms with van der Waals surface area (Å²) in [5, 5.41) is 0. The van der Waals surface area contributed by atoms with Gasteiger partial charge in [0.1, 0.15) is 0 Å². The molecule has 1 nitrogen and oxygen atoms in total. The van der Waals surface area contributed by atoms with Crippen LogP contribution in [-0.4, -0.2) is 0 Å². The molecule has 0 saturated carbocycles. The predicted molar refractivity (Wildman–Crippen MR) is 234 cm³/mol. The molecule has 0 bridgehead atoms. The Labute approximate surface area is 326 Å². The summed E-state index contributed by atoms with van der Waals surface area (Å²) in [7, 11) is 0. The first-order valence-corrected chi connectivity index (χ1v) is 19.4. The van der Waals surface area contributed by atoms with Crippen LogP contribution < -0.4 is 4.90 Å². The molecule has 0 aromatic heterocycles. The number of fused-ring (bicyclic) bond motifs is 3. The molecule has 0 fully saturated rings. The molecule has 266 valence electrons. The number of hydrogen-bond donors (Lipinski definition) is 0. The van der Waals surface area contributed by atoms with Gasteiger partial charge in [0.15, 0.2) is 0 Å². The summed E-state index contributed by atoms with van der Waals surface area (Å²) in [4.78, 5) is 2.40. The lowest BCUT2D eigenvalue weighted by molar-refractivity contribution is 0.660. The zero-order valence-corrected chi connectivity index (χ0v) is 32.0. The van der Waals surface area contributed by atoms with Crippen molar-refractivity contribution in [2.45, 2.75) is 39.0 Å². The zero-order valence-electron chi connectivity index (χ0n) is 32.0. The number of rotatable bonds is 8. The van der Waals surface area contributed by atoms with Crippen LogP contribution in [0.1, 0.15) is 54.5 Å². The minimum absolute atomic E-state index is 0.0897. The van der Waals surface area contributed by atoms with Gasteiger partial charge in [0.05, 0.1) is 0 Å². The maximum Gasteiger partial charge on any atom is 0.0465 e. The Morgan fingerprint density at radius 3 is 1.58 bits per heavy atom. The van der Waals surface area contributed by atoms with Gasteiger partial charge in [-0.3, -0.25) is 0 Å². The Hall–Kier alpha value is -6.44. The molecule has 8 aromatic carbocycles. The molecule has 0 spiro atoms. The number of nitrogens with zero attached hydrogens (tertiary/aromatic N) is 1. The SMILES string of the molecule is Cc1ccccc1-c1cc(-c2ccc(N(c3ccc(-c4ccccc4)cc3)c3ccc4c(c3)C(C)(C)c3ccccc3-4)cc2)ccc1C(C)c1ccccc1. The largest absolute Gasteiger partial charge is 0.310 e. The van der Waals surface area contributed by atoms with Crippen molar-refractivity contribution in [3.63, 3.8) is 0 Å². The van der Waals surface area contributed by atoms with Crippen molar-refractivity contribution >= 4 is 17.1 Å². The normalized spacial score (nSPS) is 13.2. The first kappa shape index (κ1) is 34.3. The third-order valence-electron chi connectivity index (χ3n) is 11.8. The Kier molecular flexibility index (Phi) is 8.79. The number of benzene rings is 8. The lowest BCUT2D eigenvalue weighted by atomic mass is 9.82. The predicted octanol–water partition coefficient (Wildman–Crippen LogP) is 14.9. The van der Waals surface area contributed by atoms with E-state index in [1.807, 2.05) is 0 Å². The lowest BCUT2D eigenvalue weighted by Gasteiger charge is -2.28. The van der Waals surface area contributed by atoms with Crippen LogP contribution in [0.4, 0.5) is 17.1 Å². The van der Waals surface area contributed by atoms with Gasteiger partial charge in [0.25, 0.3) is 0 Å². The van der Waals surface area contributed by atoms with Gasteiger partial charge >= 0.3 is 0 Å². The summed E-state index contributed by atoms with van der Waals surface area (Å²) in [5.74, 6) is 0.263. The van der Waals surface area contributed by atoms with Gasteiger partial charge in [-0.05, 0) is 122 Å². The molecule has 0 radical (unpaired) electrons. The Morgan fingerprint density at radius 1 is 0.400 bits per heavy atom. The van der Waals surface area contributed by atoms with Crippen LogP contribution in [0.5, 0.6) is 0 Å². The van der Waals surface area contributed by atoms with Gasteiger partial charge in [0.2, 0.25) is 0 Å². The van der Waals surface area contributed by atoms with Crippen molar-refractivity contribution in [1.29, 1.82) is 0 Å². The molecule has 1 unspecified atom stereocenters. The third kappa shape index (κ3) is 6.26. The second kappa shape index (κ2) is 14.1. The summed E-state index contributed by atoms with van der Waals surface area (Å²) < 4.78 is 0. The average Bonchev–Trinajstić information content (AvgIpc) is 3.47. The summed E-state index contributed by atoms with van der Waals surface area (Å²) in [6, 6.07) is 71.3. The van der Waals surface area contributed by atoms with E-state index in [0.717, 1.165) is 17.1 Å². The fourth-order valence-electron chi connectivity index (χ4n) is 8.66. The van der Waals surface area contributed by atoms with Crippen molar-refractivity contribution in [2.75, 3.05) is 4.90 Å². The molecule has 1 atom stereocenters. The summed E-state index contributed by atoms with van der Waals surface area (Å²) >= 11 is 0. The van der Waals surface area contributed by atoms with Crippen molar-refractivity contribution in [3.8, 4) is 44.5 Å². The van der Waals surface area contributed by atoms with E-state index in [2.05, 4.69) is 227 Å². The Balaban J connectivity index is 1.13. The highest BCUT2D eigenvalue weighted by Gasteiger charge is 2.35. The van der Waals surface area contributed by atoms with Crippen molar-refractivity contribution in [1.82, 2.24) is 0 Å². The van der Waals surface area contributed by atoms with E-state index in [0.29, 0.717) is 0 Å². The van der Waals surface area contributed by atoms with E-state index in [9.17, 15) is 0 Å². The van der Waals surface area contributed by atoms with Gasteiger partial charge in [-0.25, -0.2) is 0 Å². The van der Waals surface area contributed by atoms with Crippen LogP contribution in [-0.2, 0) is 5.41 Å². The van der Waals surface area contributed by atoms with E-state index in [1.165, 1.54) is 72.3 Å². The monoisotopic (exact) mass is 707 g/mol. The summed E-state index contributed by atoms with van der Waals surface area (Å²) in [5.41, 5.74) is 20.1. The third-order valence-corrected chi connectivity index (χ3v) is 11.8. The maximum atomic E-state index is 2.41. The summed E-state index contributed by atoms with van der Waals surface area (Å²) in [6.07, 6.45) is 0. The van der Waals surface area contributed by atoms with Crippen LogP contribution in [0.15, 0.2) is 194 Å². The molecular weight excluding hydrogens is 663 g/mol. The van der Waals surface area contributed by atoms with Crippen molar-refractivity contribution in [2.24, 2.45) is 0 Å². The standard InChI is InChI=1S/C54H45N/c1-37-15-11-12-20-47(37)51-35-43(27-33-48(51)38(2)39-16-7-5-8-17-39)42-25-30-45(31-26-42)55(44-28-23-41(24-29-44)40-18-9-6-10-19-40)46-32-34-50-49-21-13-14-22-52(49)54(3,4)53(50)36-46/h5-36,38H,1-4H3. The van der Waals surface area contributed by atoms with Crippen LogP contribution in [0.25, 0.3) is 44.5 Å². The second-order valence-electron chi connectivity index (χ2n) is 15.4. The van der Waals surface area contributed by atoms with Crippen LogP contribution in [0.3, 0.4) is 0 Å². The average molecular weight is 708 g/mol. The van der Waals surface area contributed by atoms with E-state index >= 15 is 0 Å². The first-order chi connectivity index (χ1) is 26.9. The van der Waals surface area contributed by atoms with E-state index < -0.39 is 0 Å². The first-order valence-electron chi connectivity index (χ1n) is 19.4. The van der Waals surface area contributed by atoms with Crippen molar-refractivity contribution in [3.05, 3.63) is 222 Å². The maximum absolute atomic E-state index is 2.41. The Morgan fingerprint density at radius 2 is 0.909 bits per heavy atom. The smallest absolute Gasteiger partial charge is 0.0465 e. The highest BCUT2D eigenvalue weighted by molar-refractivity contribution is 5.87. The Bertz CT molecular complexity index is 2620. The lowest BCUT2D eigenvalue weighted by Crippen LogP contribution is -2.16. The molecule has 1 aliphatic rings.